The first-order valence-electron chi connectivity index (χ1n) is 7.21. The van der Waals surface area contributed by atoms with Crippen molar-refractivity contribution in [2.45, 2.75) is 26.4 Å². The van der Waals surface area contributed by atoms with Crippen LogP contribution in [0, 0.1) is 5.92 Å². The molecule has 2 rings (SSSR count). The van der Waals surface area contributed by atoms with Crippen LogP contribution >= 0.6 is 0 Å². The molecule has 1 fully saturated rings. The van der Waals surface area contributed by atoms with Gasteiger partial charge in [-0.2, -0.15) is 0 Å². The van der Waals surface area contributed by atoms with Gasteiger partial charge in [-0.05, 0) is 36.6 Å². The summed E-state index contributed by atoms with van der Waals surface area (Å²) in [7, 11) is 0. The minimum absolute atomic E-state index is 0.0671. The Morgan fingerprint density at radius 2 is 1.90 bits per heavy atom. The molecular weight excluding hydrogens is 270 g/mol. The molecule has 0 bridgehead atoms. The molecule has 0 spiro atoms. The Kier molecular flexibility index (Phi) is 4.96. The summed E-state index contributed by atoms with van der Waals surface area (Å²) in [5.41, 5.74) is 0.704. The molecule has 0 aliphatic carbocycles. The number of amides is 1. The molecule has 1 aliphatic rings. The Morgan fingerprint density at radius 1 is 1.29 bits per heavy atom. The molecule has 21 heavy (non-hydrogen) atoms. The van der Waals surface area contributed by atoms with Gasteiger partial charge in [0.05, 0.1) is 11.7 Å². The quantitative estimate of drug-likeness (QED) is 0.903. The Morgan fingerprint density at radius 3 is 2.48 bits per heavy atom. The molecule has 0 radical (unpaired) electrons. The highest BCUT2D eigenvalue weighted by molar-refractivity contribution is 5.96. The monoisotopic (exact) mass is 291 g/mol. The molecule has 1 aliphatic heterocycles. The van der Waals surface area contributed by atoms with Crippen LogP contribution in [0.1, 0.15) is 41.0 Å². The Bertz CT molecular complexity index is 510. The maximum Gasteiger partial charge on any atom is 0.335 e. The second-order valence-electron chi connectivity index (χ2n) is 5.77. The summed E-state index contributed by atoms with van der Waals surface area (Å²) < 4.78 is 5.76. The average Bonchev–Trinajstić information content (AvgIpc) is 2.93. The maximum absolute atomic E-state index is 12.3. The zero-order valence-corrected chi connectivity index (χ0v) is 12.4. The van der Waals surface area contributed by atoms with Gasteiger partial charge in [-0.3, -0.25) is 4.79 Å². The van der Waals surface area contributed by atoms with Crippen LogP contribution in [0.2, 0.25) is 0 Å². The van der Waals surface area contributed by atoms with Crippen LogP contribution in [0.5, 0.6) is 0 Å². The van der Waals surface area contributed by atoms with Gasteiger partial charge in [0.2, 0.25) is 0 Å². The van der Waals surface area contributed by atoms with Gasteiger partial charge in [0, 0.05) is 25.3 Å². The highest BCUT2D eigenvalue weighted by Crippen LogP contribution is 2.17. The number of carboxylic acids is 1. The van der Waals surface area contributed by atoms with E-state index < -0.39 is 5.97 Å². The lowest BCUT2D eigenvalue weighted by Crippen LogP contribution is -2.30. The van der Waals surface area contributed by atoms with E-state index in [9.17, 15) is 9.59 Å². The van der Waals surface area contributed by atoms with E-state index in [2.05, 4.69) is 13.8 Å². The van der Waals surface area contributed by atoms with Crippen LogP contribution in [0.3, 0.4) is 0 Å². The van der Waals surface area contributed by atoms with Crippen molar-refractivity contribution >= 4 is 11.9 Å². The molecule has 1 heterocycles. The predicted octanol–water partition coefficient (Wildman–Crippen LogP) is 2.27. The molecule has 1 amide bonds. The van der Waals surface area contributed by atoms with Crippen molar-refractivity contribution < 1.29 is 19.4 Å². The summed E-state index contributed by atoms with van der Waals surface area (Å²) in [4.78, 5) is 24.9. The summed E-state index contributed by atoms with van der Waals surface area (Å²) in [5, 5.41) is 8.85. The van der Waals surface area contributed by atoms with Gasteiger partial charge in [-0.15, -0.1) is 0 Å². The highest BCUT2D eigenvalue weighted by atomic mass is 16.5. The van der Waals surface area contributed by atoms with Crippen molar-refractivity contribution in [2.24, 2.45) is 5.92 Å². The van der Waals surface area contributed by atoms with E-state index in [4.69, 9.17) is 9.84 Å². The first-order chi connectivity index (χ1) is 9.97. The predicted molar refractivity (Wildman–Crippen MR) is 78.5 cm³/mol. The van der Waals surface area contributed by atoms with Gasteiger partial charge < -0.3 is 14.7 Å². The first-order valence-corrected chi connectivity index (χ1v) is 7.21. The summed E-state index contributed by atoms with van der Waals surface area (Å²) in [6.45, 7) is 6.19. The summed E-state index contributed by atoms with van der Waals surface area (Å²) in [5.74, 6) is -0.571. The van der Waals surface area contributed by atoms with Crippen molar-refractivity contribution in [3.05, 3.63) is 35.4 Å². The van der Waals surface area contributed by atoms with Gasteiger partial charge >= 0.3 is 5.97 Å². The van der Waals surface area contributed by atoms with Gasteiger partial charge in [0.1, 0.15) is 0 Å². The van der Waals surface area contributed by atoms with Crippen molar-refractivity contribution in [2.75, 3.05) is 19.7 Å². The average molecular weight is 291 g/mol. The number of ether oxygens (including phenoxy) is 1. The number of nitrogens with zero attached hydrogens (tertiary/aromatic N) is 1. The molecule has 0 saturated carbocycles. The SMILES string of the molecule is CC(C)CO[C@H]1CCN(C(=O)c2ccc(C(=O)O)cc2)C1. The van der Waals surface area contributed by atoms with Crippen LogP contribution in [0.15, 0.2) is 24.3 Å². The Labute approximate surface area is 124 Å². The van der Waals surface area contributed by atoms with E-state index in [0.717, 1.165) is 6.42 Å². The minimum Gasteiger partial charge on any atom is -0.478 e. The largest absolute Gasteiger partial charge is 0.478 e. The first kappa shape index (κ1) is 15.5. The molecule has 1 aromatic carbocycles. The van der Waals surface area contributed by atoms with E-state index in [1.807, 2.05) is 0 Å². The number of hydrogen-bond donors (Lipinski definition) is 1. The van der Waals surface area contributed by atoms with Crippen LogP contribution < -0.4 is 0 Å². The lowest BCUT2D eigenvalue weighted by Gasteiger charge is -2.17. The lowest BCUT2D eigenvalue weighted by molar-refractivity contribution is 0.0396. The summed E-state index contributed by atoms with van der Waals surface area (Å²) in [6.07, 6.45) is 0.959. The molecular formula is C16H21NO4. The van der Waals surface area contributed by atoms with Crippen LogP contribution in [-0.4, -0.2) is 47.7 Å². The van der Waals surface area contributed by atoms with E-state index >= 15 is 0 Å². The normalized spacial score (nSPS) is 18.2. The van der Waals surface area contributed by atoms with Gasteiger partial charge in [0.25, 0.3) is 5.91 Å². The minimum atomic E-state index is -0.989. The molecule has 1 aromatic rings. The Balaban J connectivity index is 1.93. The molecule has 0 aromatic heterocycles. The number of benzene rings is 1. The number of carbonyl (C=O) groups excluding carboxylic acids is 1. The van der Waals surface area contributed by atoms with E-state index in [1.54, 1.807) is 17.0 Å². The van der Waals surface area contributed by atoms with Crippen LogP contribution in [-0.2, 0) is 4.74 Å². The van der Waals surface area contributed by atoms with Crippen molar-refractivity contribution in [1.82, 2.24) is 4.90 Å². The lowest BCUT2D eigenvalue weighted by atomic mass is 10.1. The van der Waals surface area contributed by atoms with Crippen LogP contribution in [0.25, 0.3) is 0 Å². The molecule has 5 heteroatoms. The van der Waals surface area contributed by atoms with Gasteiger partial charge in [0.15, 0.2) is 0 Å². The zero-order valence-electron chi connectivity index (χ0n) is 12.4. The van der Waals surface area contributed by atoms with Gasteiger partial charge in [-0.1, -0.05) is 13.8 Å². The highest BCUT2D eigenvalue weighted by Gasteiger charge is 2.27. The third kappa shape index (κ3) is 4.04. The molecule has 1 N–H and O–H groups in total. The third-order valence-corrected chi connectivity index (χ3v) is 3.48. The molecule has 114 valence electrons. The fraction of sp³-hybridized carbons (Fsp3) is 0.500. The van der Waals surface area contributed by atoms with Gasteiger partial charge in [-0.25, -0.2) is 4.79 Å². The number of likely N-dealkylation sites (tertiary alicyclic amines) is 1. The summed E-state index contributed by atoms with van der Waals surface area (Å²) in [6, 6.07) is 6.04. The molecule has 0 unspecified atom stereocenters. The molecule has 1 saturated heterocycles. The van der Waals surface area contributed by atoms with E-state index in [0.29, 0.717) is 31.2 Å². The Hall–Kier alpha value is -1.88. The number of carboxylic acid groups (broad SMARTS) is 1. The fourth-order valence-electron chi connectivity index (χ4n) is 2.32. The number of rotatable bonds is 5. The zero-order chi connectivity index (χ0) is 15.4. The third-order valence-electron chi connectivity index (χ3n) is 3.48. The topological polar surface area (TPSA) is 66.8 Å². The number of carbonyl (C=O) groups is 2. The summed E-state index contributed by atoms with van der Waals surface area (Å²) >= 11 is 0. The second-order valence-corrected chi connectivity index (χ2v) is 5.77. The van der Waals surface area contributed by atoms with E-state index in [1.165, 1.54) is 12.1 Å². The second kappa shape index (κ2) is 6.72. The maximum atomic E-state index is 12.3. The smallest absolute Gasteiger partial charge is 0.335 e. The van der Waals surface area contributed by atoms with Crippen molar-refractivity contribution in [1.29, 1.82) is 0 Å². The fourth-order valence-corrected chi connectivity index (χ4v) is 2.32. The van der Waals surface area contributed by atoms with Crippen molar-refractivity contribution in [3.63, 3.8) is 0 Å². The van der Waals surface area contributed by atoms with E-state index in [-0.39, 0.29) is 17.6 Å². The van der Waals surface area contributed by atoms with Crippen molar-refractivity contribution in [3.8, 4) is 0 Å². The number of aromatic carboxylic acids is 1. The molecule has 5 nitrogen and oxygen atoms in total. The van der Waals surface area contributed by atoms with Crippen LogP contribution in [0.4, 0.5) is 0 Å². The molecule has 1 atom stereocenters. The standard InChI is InChI=1S/C16H21NO4/c1-11(2)10-21-14-7-8-17(9-14)15(18)12-3-5-13(6-4-12)16(19)20/h3-6,11,14H,7-10H2,1-2H3,(H,19,20)/t14-/m0/s1. The number of hydrogen-bond acceptors (Lipinski definition) is 3.